The van der Waals surface area contributed by atoms with E-state index in [0.29, 0.717) is 22.4 Å². The maximum absolute atomic E-state index is 10.7. The molecule has 0 radical (unpaired) electrons. The van der Waals surface area contributed by atoms with Crippen LogP contribution in [0.4, 0.5) is 0 Å². The zero-order chi connectivity index (χ0) is 12.5. The van der Waals surface area contributed by atoms with Crippen molar-refractivity contribution in [3.8, 4) is 0 Å². The summed E-state index contributed by atoms with van der Waals surface area (Å²) in [7, 11) is 0. The number of carbonyl (C=O) groups is 1. The molecule has 1 aromatic rings. The summed E-state index contributed by atoms with van der Waals surface area (Å²) in [5.74, 6) is 0.359. The molecular formula is C10H12N4O3S. The van der Waals surface area contributed by atoms with E-state index in [1.165, 1.54) is 11.8 Å². The van der Waals surface area contributed by atoms with E-state index in [9.17, 15) is 4.79 Å². The van der Waals surface area contributed by atoms with Crippen LogP contribution in [-0.2, 0) is 9.53 Å². The number of ether oxygens (including phenoxy) is 1. The highest BCUT2D eigenvalue weighted by Gasteiger charge is 2.27. The van der Waals surface area contributed by atoms with Gasteiger partial charge in [-0.15, -0.1) is 10.2 Å². The molecule has 1 fully saturated rings. The second kappa shape index (κ2) is 4.69. The molecule has 96 valence electrons. The third-order valence-electron chi connectivity index (χ3n) is 2.82. The molecule has 2 aliphatic rings. The lowest BCUT2D eigenvalue weighted by atomic mass is 10.2. The Balaban J connectivity index is 1.90. The molecule has 1 unspecified atom stereocenters. The van der Waals surface area contributed by atoms with E-state index in [1.807, 2.05) is 0 Å². The number of aromatic nitrogens is 3. The molecule has 1 atom stereocenters. The van der Waals surface area contributed by atoms with Gasteiger partial charge in [-0.25, -0.2) is 0 Å². The summed E-state index contributed by atoms with van der Waals surface area (Å²) in [4.78, 5) is 10.7. The molecule has 1 aromatic heterocycles. The van der Waals surface area contributed by atoms with Crippen molar-refractivity contribution in [2.24, 2.45) is 5.10 Å². The minimum Gasteiger partial charge on any atom is -0.481 e. The fourth-order valence-electron chi connectivity index (χ4n) is 2.02. The van der Waals surface area contributed by atoms with Gasteiger partial charge in [-0.2, -0.15) is 9.78 Å². The van der Waals surface area contributed by atoms with E-state index in [2.05, 4.69) is 15.3 Å². The van der Waals surface area contributed by atoms with Crippen molar-refractivity contribution in [2.45, 2.75) is 30.5 Å². The van der Waals surface area contributed by atoms with Gasteiger partial charge in [-0.05, 0) is 12.8 Å². The van der Waals surface area contributed by atoms with Crippen LogP contribution in [0.1, 0.15) is 31.2 Å². The molecule has 3 rings (SSSR count). The van der Waals surface area contributed by atoms with Gasteiger partial charge in [-0.3, -0.25) is 4.79 Å². The summed E-state index contributed by atoms with van der Waals surface area (Å²) < 4.78 is 7.19. The first-order valence-corrected chi connectivity index (χ1v) is 6.71. The Labute approximate surface area is 107 Å². The summed E-state index contributed by atoms with van der Waals surface area (Å²) >= 11 is 1.46. The third-order valence-corrected chi connectivity index (χ3v) is 3.81. The van der Waals surface area contributed by atoms with Gasteiger partial charge in [0.15, 0.2) is 5.82 Å². The zero-order valence-electron chi connectivity index (χ0n) is 9.57. The number of rotatable bonds is 3. The Kier molecular flexibility index (Phi) is 3.04. The highest BCUT2D eigenvalue weighted by Crippen LogP contribution is 2.31. The van der Waals surface area contributed by atoms with Crippen LogP contribution in [0.25, 0.3) is 0 Å². The van der Waals surface area contributed by atoms with Crippen LogP contribution < -0.4 is 0 Å². The minimum atomic E-state index is -0.871. The Bertz CT molecular complexity index is 507. The molecule has 7 nitrogen and oxygen atoms in total. The first-order valence-electron chi connectivity index (χ1n) is 5.72. The van der Waals surface area contributed by atoms with Crippen LogP contribution in [0.2, 0.25) is 0 Å². The highest BCUT2D eigenvalue weighted by molar-refractivity contribution is 7.99. The first kappa shape index (κ1) is 11.7. The minimum absolute atomic E-state index is 0.0460. The van der Waals surface area contributed by atoms with Gasteiger partial charge in [0.2, 0.25) is 5.16 Å². The van der Waals surface area contributed by atoms with E-state index < -0.39 is 5.97 Å². The van der Waals surface area contributed by atoms with Crippen LogP contribution in [0.5, 0.6) is 0 Å². The monoisotopic (exact) mass is 268 g/mol. The summed E-state index contributed by atoms with van der Waals surface area (Å²) in [5.41, 5.74) is 0.624. The number of carboxylic acid groups (broad SMARTS) is 1. The fourth-order valence-corrected chi connectivity index (χ4v) is 2.83. The second-order valence-electron chi connectivity index (χ2n) is 4.18. The van der Waals surface area contributed by atoms with E-state index in [1.54, 1.807) is 4.68 Å². The van der Waals surface area contributed by atoms with Crippen molar-refractivity contribution in [1.29, 1.82) is 0 Å². The Morgan fingerprint density at radius 3 is 3.17 bits per heavy atom. The van der Waals surface area contributed by atoms with Gasteiger partial charge in [0.25, 0.3) is 0 Å². The molecule has 0 bridgehead atoms. The quantitative estimate of drug-likeness (QED) is 0.876. The molecule has 2 aliphatic heterocycles. The standard InChI is InChI=1S/C10H12N4O3S/c15-8(16)4-6-5-18-10-12-11-9(14(10)13-6)7-2-1-3-17-7/h7H,1-5H2,(H,15,16). The number of thioether (sulfide) groups is 1. The highest BCUT2D eigenvalue weighted by atomic mass is 32.2. The van der Waals surface area contributed by atoms with Gasteiger partial charge < -0.3 is 9.84 Å². The fraction of sp³-hybridized carbons (Fsp3) is 0.600. The van der Waals surface area contributed by atoms with Crippen LogP contribution in [0.15, 0.2) is 10.3 Å². The molecule has 1 N–H and O–H groups in total. The second-order valence-corrected chi connectivity index (χ2v) is 5.12. The summed E-state index contributed by atoms with van der Waals surface area (Å²) in [6.07, 6.45) is 1.80. The SMILES string of the molecule is O=C(O)CC1=Nn2c(nnc2C2CCCO2)SC1. The van der Waals surface area contributed by atoms with E-state index in [4.69, 9.17) is 9.84 Å². The molecule has 0 aliphatic carbocycles. The van der Waals surface area contributed by atoms with Crippen molar-refractivity contribution in [3.05, 3.63) is 5.82 Å². The number of aliphatic carboxylic acids is 1. The van der Waals surface area contributed by atoms with Crippen molar-refractivity contribution in [3.63, 3.8) is 0 Å². The predicted octanol–water partition coefficient (Wildman–Crippen LogP) is 0.914. The molecule has 0 aromatic carbocycles. The average Bonchev–Trinajstić information content (AvgIpc) is 2.94. The van der Waals surface area contributed by atoms with Crippen molar-refractivity contribution >= 4 is 23.4 Å². The summed E-state index contributed by atoms with van der Waals surface area (Å²) in [6, 6.07) is 0. The third kappa shape index (κ3) is 2.13. The molecule has 3 heterocycles. The van der Waals surface area contributed by atoms with Crippen molar-refractivity contribution < 1.29 is 14.6 Å². The van der Waals surface area contributed by atoms with Crippen molar-refractivity contribution in [2.75, 3.05) is 12.4 Å². The Morgan fingerprint density at radius 1 is 1.56 bits per heavy atom. The number of fused-ring (bicyclic) bond motifs is 1. The van der Waals surface area contributed by atoms with Gasteiger partial charge in [-0.1, -0.05) is 11.8 Å². The Morgan fingerprint density at radius 2 is 2.44 bits per heavy atom. The molecule has 8 heteroatoms. The van der Waals surface area contributed by atoms with E-state index in [-0.39, 0.29) is 12.5 Å². The summed E-state index contributed by atoms with van der Waals surface area (Å²) in [5, 5.41) is 22.0. The number of nitrogens with zero attached hydrogens (tertiary/aromatic N) is 4. The first-order chi connectivity index (χ1) is 8.74. The van der Waals surface area contributed by atoms with Crippen molar-refractivity contribution in [1.82, 2.24) is 14.9 Å². The lowest BCUT2D eigenvalue weighted by Gasteiger charge is -2.14. The van der Waals surface area contributed by atoms with Gasteiger partial charge >= 0.3 is 5.97 Å². The summed E-state index contributed by atoms with van der Waals surface area (Å²) in [6.45, 7) is 0.728. The zero-order valence-corrected chi connectivity index (χ0v) is 10.4. The lowest BCUT2D eigenvalue weighted by molar-refractivity contribution is -0.135. The van der Waals surface area contributed by atoms with Crippen LogP contribution in [0.3, 0.4) is 0 Å². The molecule has 18 heavy (non-hydrogen) atoms. The number of carboxylic acids is 1. The number of hydrogen-bond acceptors (Lipinski definition) is 6. The smallest absolute Gasteiger partial charge is 0.309 e. The largest absolute Gasteiger partial charge is 0.481 e. The Hall–Kier alpha value is -1.41. The lowest BCUT2D eigenvalue weighted by Crippen LogP contribution is -2.17. The van der Waals surface area contributed by atoms with Crippen LogP contribution in [-0.4, -0.2) is 44.0 Å². The molecule has 0 spiro atoms. The van der Waals surface area contributed by atoms with Gasteiger partial charge in [0, 0.05) is 12.4 Å². The maximum atomic E-state index is 10.7. The normalized spacial score (nSPS) is 22.7. The molecule has 0 amide bonds. The van der Waals surface area contributed by atoms with Crippen LogP contribution in [0, 0.1) is 0 Å². The van der Waals surface area contributed by atoms with Crippen LogP contribution >= 0.6 is 11.8 Å². The maximum Gasteiger partial charge on any atom is 0.309 e. The molecule has 1 saturated heterocycles. The van der Waals surface area contributed by atoms with E-state index >= 15 is 0 Å². The predicted molar refractivity (Wildman–Crippen MR) is 63.8 cm³/mol. The average molecular weight is 268 g/mol. The molecular weight excluding hydrogens is 256 g/mol. The van der Waals surface area contributed by atoms with E-state index in [0.717, 1.165) is 19.4 Å². The van der Waals surface area contributed by atoms with Gasteiger partial charge in [0.05, 0.1) is 12.1 Å². The van der Waals surface area contributed by atoms with Gasteiger partial charge in [0.1, 0.15) is 6.10 Å². The molecule has 0 saturated carbocycles. The topological polar surface area (TPSA) is 89.6 Å². The number of hydrogen-bond donors (Lipinski definition) is 1.